The lowest BCUT2D eigenvalue weighted by molar-refractivity contribution is 0.245. The minimum atomic E-state index is 0.754. The molecule has 1 aliphatic carbocycles. The third kappa shape index (κ3) is 2.89. The molecule has 3 aliphatic rings. The maximum Gasteiger partial charge on any atom is 0.0209 e. The number of nitrogens with one attached hydrogen (secondary N) is 2. The van der Waals surface area contributed by atoms with Crippen LogP contribution in [0.3, 0.4) is 0 Å². The van der Waals surface area contributed by atoms with Gasteiger partial charge in [-0.15, -0.1) is 0 Å². The van der Waals surface area contributed by atoms with E-state index in [1.807, 2.05) is 0 Å². The van der Waals surface area contributed by atoms with Gasteiger partial charge in [0.15, 0.2) is 0 Å². The minimum Gasteiger partial charge on any atom is -0.314 e. The number of piperidine rings is 1. The SMILES string of the molecule is CN1CCC(NC2CCCC2C2CCCCN2)C1. The quantitative estimate of drug-likeness (QED) is 0.798. The van der Waals surface area contributed by atoms with Gasteiger partial charge in [-0.1, -0.05) is 12.8 Å². The molecule has 3 fully saturated rings. The first-order valence-electron chi connectivity index (χ1n) is 8.01. The first kappa shape index (κ1) is 12.9. The zero-order chi connectivity index (χ0) is 12.4. The summed E-state index contributed by atoms with van der Waals surface area (Å²) in [4.78, 5) is 2.46. The topological polar surface area (TPSA) is 27.3 Å². The Morgan fingerprint density at radius 1 is 1.06 bits per heavy atom. The van der Waals surface area contributed by atoms with E-state index >= 15 is 0 Å². The van der Waals surface area contributed by atoms with Gasteiger partial charge in [0.2, 0.25) is 0 Å². The lowest BCUT2D eigenvalue weighted by atomic mass is 9.88. The van der Waals surface area contributed by atoms with Crippen LogP contribution in [0.2, 0.25) is 0 Å². The van der Waals surface area contributed by atoms with Crippen LogP contribution in [-0.4, -0.2) is 49.7 Å². The van der Waals surface area contributed by atoms with Gasteiger partial charge >= 0.3 is 0 Å². The number of rotatable bonds is 3. The largest absolute Gasteiger partial charge is 0.314 e. The van der Waals surface area contributed by atoms with Crippen molar-refractivity contribution in [2.24, 2.45) is 5.92 Å². The van der Waals surface area contributed by atoms with E-state index in [2.05, 4.69) is 22.6 Å². The van der Waals surface area contributed by atoms with Gasteiger partial charge in [-0.05, 0) is 58.2 Å². The number of likely N-dealkylation sites (N-methyl/N-ethyl adjacent to an activating group) is 1. The van der Waals surface area contributed by atoms with E-state index in [-0.39, 0.29) is 0 Å². The zero-order valence-corrected chi connectivity index (χ0v) is 11.8. The molecule has 0 spiro atoms. The molecule has 4 atom stereocenters. The highest BCUT2D eigenvalue weighted by molar-refractivity contribution is 4.94. The van der Waals surface area contributed by atoms with Gasteiger partial charge < -0.3 is 15.5 Å². The average Bonchev–Trinajstić information content (AvgIpc) is 3.00. The van der Waals surface area contributed by atoms with Crippen molar-refractivity contribution in [3.8, 4) is 0 Å². The van der Waals surface area contributed by atoms with E-state index in [1.165, 1.54) is 64.6 Å². The second-order valence-corrected chi connectivity index (χ2v) is 6.67. The first-order chi connectivity index (χ1) is 8.83. The van der Waals surface area contributed by atoms with E-state index in [1.54, 1.807) is 0 Å². The predicted octanol–water partition coefficient (Wildman–Crippen LogP) is 1.59. The molecule has 3 heteroatoms. The number of hydrogen-bond donors (Lipinski definition) is 2. The lowest BCUT2D eigenvalue weighted by Gasteiger charge is -2.34. The second-order valence-electron chi connectivity index (χ2n) is 6.67. The summed E-state index contributed by atoms with van der Waals surface area (Å²) >= 11 is 0. The van der Waals surface area contributed by atoms with Crippen LogP contribution in [-0.2, 0) is 0 Å². The van der Waals surface area contributed by atoms with Gasteiger partial charge in [0.1, 0.15) is 0 Å². The lowest BCUT2D eigenvalue weighted by Crippen LogP contribution is -2.49. The molecule has 0 radical (unpaired) electrons. The Hall–Kier alpha value is -0.120. The van der Waals surface area contributed by atoms with E-state index < -0.39 is 0 Å². The molecule has 0 aromatic rings. The zero-order valence-electron chi connectivity index (χ0n) is 11.8. The van der Waals surface area contributed by atoms with Crippen molar-refractivity contribution >= 4 is 0 Å². The summed E-state index contributed by atoms with van der Waals surface area (Å²) in [6.45, 7) is 3.78. The molecular formula is C15H29N3. The van der Waals surface area contributed by atoms with Crippen LogP contribution in [0.1, 0.15) is 44.9 Å². The molecule has 2 N–H and O–H groups in total. The summed E-state index contributed by atoms with van der Waals surface area (Å²) < 4.78 is 0. The molecule has 3 rings (SSSR count). The van der Waals surface area contributed by atoms with Crippen molar-refractivity contribution in [2.45, 2.75) is 63.1 Å². The molecule has 0 bridgehead atoms. The molecular weight excluding hydrogens is 222 g/mol. The highest BCUT2D eigenvalue weighted by atomic mass is 15.2. The molecule has 1 saturated carbocycles. The standard InChI is InChI=1S/C15H29N3/c1-18-10-8-12(11-18)17-15-7-4-5-13(15)14-6-2-3-9-16-14/h12-17H,2-11H2,1H3. The van der Waals surface area contributed by atoms with Crippen molar-refractivity contribution in [3.63, 3.8) is 0 Å². The van der Waals surface area contributed by atoms with Crippen molar-refractivity contribution in [2.75, 3.05) is 26.7 Å². The smallest absolute Gasteiger partial charge is 0.0209 e. The Balaban J connectivity index is 1.53. The summed E-state index contributed by atoms with van der Waals surface area (Å²) in [7, 11) is 2.25. The van der Waals surface area contributed by atoms with E-state index in [9.17, 15) is 0 Å². The van der Waals surface area contributed by atoms with Gasteiger partial charge in [0.25, 0.3) is 0 Å². The van der Waals surface area contributed by atoms with Crippen molar-refractivity contribution < 1.29 is 0 Å². The van der Waals surface area contributed by atoms with Gasteiger partial charge in [-0.3, -0.25) is 0 Å². The van der Waals surface area contributed by atoms with Crippen LogP contribution in [0.25, 0.3) is 0 Å². The summed E-state index contributed by atoms with van der Waals surface area (Å²) in [5.74, 6) is 0.899. The van der Waals surface area contributed by atoms with Crippen LogP contribution in [0.4, 0.5) is 0 Å². The molecule has 2 aliphatic heterocycles. The fraction of sp³-hybridized carbons (Fsp3) is 1.00. The molecule has 104 valence electrons. The van der Waals surface area contributed by atoms with Crippen molar-refractivity contribution in [1.82, 2.24) is 15.5 Å². The van der Waals surface area contributed by atoms with E-state index in [4.69, 9.17) is 0 Å². The van der Waals surface area contributed by atoms with Crippen molar-refractivity contribution in [1.29, 1.82) is 0 Å². The Morgan fingerprint density at radius 3 is 2.72 bits per heavy atom. The average molecular weight is 251 g/mol. The van der Waals surface area contributed by atoms with Gasteiger partial charge in [0, 0.05) is 24.7 Å². The third-order valence-corrected chi connectivity index (χ3v) is 5.28. The van der Waals surface area contributed by atoms with Crippen LogP contribution in [0, 0.1) is 5.92 Å². The number of likely N-dealkylation sites (tertiary alicyclic amines) is 1. The molecule has 2 saturated heterocycles. The van der Waals surface area contributed by atoms with Gasteiger partial charge in [-0.25, -0.2) is 0 Å². The molecule has 4 unspecified atom stereocenters. The minimum absolute atomic E-state index is 0.754. The summed E-state index contributed by atoms with van der Waals surface area (Å²) in [5.41, 5.74) is 0. The summed E-state index contributed by atoms with van der Waals surface area (Å²) in [6.07, 6.45) is 9.86. The van der Waals surface area contributed by atoms with Gasteiger partial charge in [0.05, 0.1) is 0 Å². The van der Waals surface area contributed by atoms with Crippen LogP contribution < -0.4 is 10.6 Å². The molecule has 2 heterocycles. The fourth-order valence-electron chi connectivity index (χ4n) is 4.30. The summed E-state index contributed by atoms with van der Waals surface area (Å²) in [6, 6.07) is 2.35. The monoisotopic (exact) mass is 251 g/mol. The van der Waals surface area contributed by atoms with E-state index in [0.29, 0.717) is 0 Å². The molecule has 18 heavy (non-hydrogen) atoms. The first-order valence-corrected chi connectivity index (χ1v) is 8.01. The molecule has 0 aromatic heterocycles. The second kappa shape index (κ2) is 5.89. The van der Waals surface area contributed by atoms with Crippen LogP contribution in [0.5, 0.6) is 0 Å². The van der Waals surface area contributed by atoms with Gasteiger partial charge in [-0.2, -0.15) is 0 Å². The van der Waals surface area contributed by atoms with E-state index in [0.717, 1.165) is 24.0 Å². The molecule has 0 amide bonds. The van der Waals surface area contributed by atoms with Crippen molar-refractivity contribution in [3.05, 3.63) is 0 Å². The highest BCUT2D eigenvalue weighted by Gasteiger charge is 2.35. The van der Waals surface area contributed by atoms with Crippen LogP contribution in [0.15, 0.2) is 0 Å². The Morgan fingerprint density at radius 2 is 2.00 bits per heavy atom. The molecule has 0 aromatic carbocycles. The predicted molar refractivity (Wildman–Crippen MR) is 75.8 cm³/mol. The summed E-state index contributed by atoms with van der Waals surface area (Å²) in [5, 5.41) is 7.75. The third-order valence-electron chi connectivity index (χ3n) is 5.28. The Kier molecular flexibility index (Phi) is 4.22. The number of nitrogens with zero attached hydrogens (tertiary/aromatic N) is 1. The maximum absolute atomic E-state index is 3.97. The fourth-order valence-corrected chi connectivity index (χ4v) is 4.30. The Labute approximate surface area is 112 Å². The Bertz CT molecular complexity index is 262. The van der Waals surface area contributed by atoms with Crippen LogP contribution >= 0.6 is 0 Å². The highest BCUT2D eigenvalue weighted by Crippen LogP contribution is 2.32. The normalized spacial score (nSPS) is 42.5. The maximum atomic E-state index is 3.97. The molecule has 3 nitrogen and oxygen atoms in total. The number of hydrogen-bond acceptors (Lipinski definition) is 3.